The van der Waals surface area contributed by atoms with Crippen LogP contribution in [0.4, 0.5) is 11.4 Å². The van der Waals surface area contributed by atoms with Gasteiger partial charge in [0, 0.05) is 11.1 Å². The Hall–Kier alpha value is -1.93. The molecule has 0 atom stereocenters. The fraction of sp³-hybridized carbons (Fsp3) is 0. The molecule has 1 aliphatic heterocycles. The highest BCUT2D eigenvalue weighted by atomic mass is 35.5. The van der Waals surface area contributed by atoms with E-state index in [0.29, 0.717) is 25.5 Å². The van der Waals surface area contributed by atoms with E-state index in [4.69, 9.17) is 35.4 Å². The lowest BCUT2D eigenvalue weighted by Gasteiger charge is -2.14. The van der Waals surface area contributed by atoms with Gasteiger partial charge in [-0.15, -0.1) is 0 Å². The van der Waals surface area contributed by atoms with E-state index in [0.717, 1.165) is 11.8 Å². The summed E-state index contributed by atoms with van der Waals surface area (Å²) < 4.78 is 0.377. The number of amides is 1. The first-order valence-corrected chi connectivity index (χ1v) is 8.82. The standard InChI is InChI=1S/C16H8Cl2N2O3S2/c17-10-2-4-11(5-3-10)19-15(21)14(25-16(19)24)8-9-1-6-12(18)13(7-9)20(22)23/h1-8H/b14-8+. The van der Waals surface area contributed by atoms with E-state index in [1.165, 1.54) is 17.0 Å². The van der Waals surface area contributed by atoms with Gasteiger partial charge >= 0.3 is 0 Å². The molecule has 0 radical (unpaired) electrons. The fourth-order valence-corrected chi connectivity index (χ4v) is 3.80. The molecule has 1 amide bonds. The van der Waals surface area contributed by atoms with Gasteiger partial charge in [-0.3, -0.25) is 19.8 Å². The highest BCUT2D eigenvalue weighted by Gasteiger charge is 2.33. The van der Waals surface area contributed by atoms with Crippen LogP contribution in [0.2, 0.25) is 10.0 Å². The molecule has 2 aromatic carbocycles. The first-order chi connectivity index (χ1) is 11.9. The lowest BCUT2D eigenvalue weighted by molar-refractivity contribution is -0.384. The number of benzene rings is 2. The Balaban J connectivity index is 1.94. The summed E-state index contributed by atoms with van der Waals surface area (Å²) in [6.07, 6.45) is 1.55. The molecule has 0 N–H and O–H groups in total. The number of hydrogen-bond acceptors (Lipinski definition) is 5. The summed E-state index contributed by atoms with van der Waals surface area (Å²) in [4.78, 5) is 24.8. The second-order valence-electron chi connectivity index (χ2n) is 4.96. The number of rotatable bonds is 3. The topological polar surface area (TPSA) is 63.4 Å². The summed E-state index contributed by atoms with van der Waals surface area (Å²) in [5, 5.41) is 11.6. The number of carbonyl (C=O) groups excluding carboxylic acids is 1. The number of carbonyl (C=O) groups is 1. The maximum Gasteiger partial charge on any atom is 0.288 e. The summed E-state index contributed by atoms with van der Waals surface area (Å²) in [5.74, 6) is -0.296. The molecule has 9 heteroatoms. The number of hydrogen-bond donors (Lipinski definition) is 0. The molecule has 3 rings (SSSR count). The van der Waals surface area contributed by atoms with Crippen LogP contribution < -0.4 is 4.90 Å². The molecule has 1 heterocycles. The quantitative estimate of drug-likeness (QED) is 0.297. The Morgan fingerprint density at radius 2 is 1.84 bits per heavy atom. The molecule has 2 aromatic rings. The summed E-state index contributed by atoms with van der Waals surface area (Å²) in [5.41, 5.74) is 0.883. The van der Waals surface area contributed by atoms with Gasteiger partial charge in [-0.25, -0.2) is 0 Å². The zero-order chi connectivity index (χ0) is 18.1. The number of thiocarbonyl (C=S) groups is 1. The molecule has 25 heavy (non-hydrogen) atoms. The summed E-state index contributed by atoms with van der Waals surface area (Å²) in [6, 6.07) is 11.1. The van der Waals surface area contributed by atoms with Crippen LogP contribution in [0.1, 0.15) is 5.56 Å². The first kappa shape index (κ1) is 17.9. The van der Waals surface area contributed by atoms with Gasteiger partial charge in [-0.1, -0.05) is 53.2 Å². The van der Waals surface area contributed by atoms with E-state index in [9.17, 15) is 14.9 Å². The first-order valence-electron chi connectivity index (χ1n) is 6.84. The lowest BCUT2D eigenvalue weighted by Crippen LogP contribution is -2.27. The van der Waals surface area contributed by atoms with Crippen LogP contribution in [-0.4, -0.2) is 15.2 Å². The third-order valence-electron chi connectivity index (χ3n) is 3.34. The normalized spacial score (nSPS) is 15.9. The lowest BCUT2D eigenvalue weighted by atomic mass is 10.2. The van der Waals surface area contributed by atoms with Crippen molar-refractivity contribution in [3.05, 3.63) is 73.1 Å². The van der Waals surface area contributed by atoms with Crippen LogP contribution in [0.5, 0.6) is 0 Å². The van der Waals surface area contributed by atoms with E-state index in [1.54, 1.807) is 36.4 Å². The molecule has 1 saturated heterocycles. The monoisotopic (exact) mass is 410 g/mol. The average Bonchev–Trinajstić information content (AvgIpc) is 2.84. The van der Waals surface area contributed by atoms with Crippen LogP contribution in [0.25, 0.3) is 6.08 Å². The van der Waals surface area contributed by atoms with Gasteiger partial charge in [0.25, 0.3) is 11.6 Å². The molecule has 0 spiro atoms. The molecule has 0 aromatic heterocycles. The predicted molar refractivity (Wildman–Crippen MR) is 105 cm³/mol. The van der Waals surface area contributed by atoms with Crippen molar-refractivity contribution in [3.63, 3.8) is 0 Å². The molecule has 126 valence electrons. The second kappa shape index (κ2) is 7.13. The molecular weight excluding hydrogens is 403 g/mol. The van der Waals surface area contributed by atoms with Crippen molar-refractivity contribution in [2.24, 2.45) is 0 Å². The Morgan fingerprint density at radius 1 is 1.16 bits per heavy atom. The van der Waals surface area contributed by atoms with Crippen molar-refractivity contribution in [2.75, 3.05) is 4.90 Å². The Kier molecular flexibility index (Phi) is 5.10. The minimum Gasteiger partial charge on any atom is -0.268 e. The van der Waals surface area contributed by atoms with Crippen LogP contribution in [0.15, 0.2) is 47.4 Å². The maximum atomic E-state index is 12.6. The van der Waals surface area contributed by atoms with Crippen LogP contribution in [-0.2, 0) is 4.79 Å². The SMILES string of the molecule is O=C1/C(=C\c2ccc(Cl)c([N+](=O)[O-])c2)SC(=S)N1c1ccc(Cl)cc1. The van der Waals surface area contributed by atoms with Crippen LogP contribution >= 0.6 is 47.2 Å². The third kappa shape index (κ3) is 3.69. The highest BCUT2D eigenvalue weighted by molar-refractivity contribution is 8.27. The average molecular weight is 411 g/mol. The van der Waals surface area contributed by atoms with Crippen molar-refractivity contribution in [2.45, 2.75) is 0 Å². The van der Waals surface area contributed by atoms with E-state index in [2.05, 4.69) is 0 Å². The van der Waals surface area contributed by atoms with E-state index < -0.39 is 4.92 Å². The van der Waals surface area contributed by atoms with Crippen molar-refractivity contribution >= 4 is 74.9 Å². The number of thioether (sulfide) groups is 1. The number of nitrogens with zero attached hydrogens (tertiary/aromatic N) is 2. The molecule has 1 fully saturated rings. The Bertz CT molecular complexity index is 929. The van der Waals surface area contributed by atoms with Gasteiger partial charge < -0.3 is 0 Å². The minimum absolute atomic E-state index is 0.0378. The molecular formula is C16H8Cl2N2O3S2. The van der Waals surface area contributed by atoms with Crippen molar-refractivity contribution in [3.8, 4) is 0 Å². The van der Waals surface area contributed by atoms with Gasteiger partial charge in [0.05, 0.1) is 15.5 Å². The Morgan fingerprint density at radius 3 is 2.48 bits per heavy atom. The van der Waals surface area contributed by atoms with Gasteiger partial charge in [-0.2, -0.15) is 0 Å². The van der Waals surface area contributed by atoms with E-state index in [-0.39, 0.29) is 16.6 Å². The van der Waals surface area contributed by atoms with Gasteiger partial charge in [0.15, 0.2) is 4.32 Å². The van der Waals surface area contributed by atoms with E-state index >= 15 is 0 Å². The summed E-state index contributed by atoms with van der Waals surface area (Å²) >= 11 is 18.1. The summed E-state index contributed by atoms with van der Waals surface area (Å²) in [7, 11) is 0. The molecule has 5 nitrogen and oxygen atoms in total. The second-order valence-corrected chi connectivity index (χ2v) is 7.48. The van der Waals surface area contributed by atoms with Crippen molar-refractivity contribution in [1.29, 1.82) is 0 Å². The number of anilines is 1. The highest BCUT2D eigenvalue weighted by Crippen LogP contribution is 2.37. The molecule has 0 bridgehead atoms. The number of nitro benzene ring substituents is 1. The van der Waals surface area contributed by atoms with Gasteiger partial charge in [0.2, 0.25) is 0 Å². The molecule has 1 aliphatic rings. The molecule has 0 unspecified atom stereocenters. The number of nitro groups is 1. The Labute approximate surface area is 162 Å². The van der Waals surface area contributed by atoms with Gasteiger partial charge in [0.1, 0.15) is 5.02 Å². The maximum absolute atomic E-state index is 12.6. The van der Waals surface area contributed by atoms with Crippen LogP contribution in [0.3, 0.4) is 0 Å². The van der Waals surface area contributed by atoms with Crippen molar-refractivity contribution in [1.82, 2.24) is 0 Å². The predicted octanol–water partition coefficient (Wildman–Crippen LogP) is 5.31. The van der Waals surface area contributed by atoms with Crippen LogP contribution in [0, 0.1) is 10.1 Å². The smallest absolute Gasteiger partial charge is 0.268 e. The van der Waals surface area contributed by atoms with Crippen molar-refractivity contribution < 1.29 is 9.72 Å². The zero-order valence-electron chi connectivity index (χ0n) is 12.3. The summed E-state index contributed by atoms with van der Waals surface area (Å²) in [6.45, 7) is 0. The minimum atomic E-state index is -0.571. The van der Waals surface area contributed by atoms with Gasteiger partial charge in [-0.05, 0) is 42.0 Å². The molecule has 0 aliphatic carbocycles. The number of halogens is 2. The fourth-order valence-electron chi connectivity index (χ4n) is 2.19. The van der Waals surface area contributed by atoms with E-state index in [1.807, 2.05) is 0 Å². The zero-order valence-corrected chi connectivity index (χ0v) is 15.5. The largest absolute Gasteiger partial charge is 0.288 e. The molecule has 0 saturated carbocycles. The third-order valence-corrected chi connectivity index (χ3v) is 5.22.